The molecule has 4 nitrogen and oxygen atoms in total. The highest BCUT2D eigenvalue weighted by atomic mass is 19.1. The Morgan fingerprint density at radius 2 is 2.45 bits per heavy atom. The van der Waals surface area contributed by atoms with Gasteiger partial charge in [0.2, 0.25) is 5.67 Å². The van der Waals surface area contributed by atoms with Crippen LogP contribution in [0.1, 0.15) is 6.42 Å². The summed E-state index contributed by atoms with van der Waals surface area (Å²) in [5, 5.41) is 16.7. The zero-order valence-corrected chi connectivity index (χ0v) is 5.75. The van der Waals surface area contributed by atoms with Gasteiger partial charge in [-0.15, -0.1) is 0 Å². The molecule has 1 rings (SSSR count). The summed E-state index contributed by atoms with van der Waals surface area (Å²) in [7, 11) is 0. The smallest absolute Gasteiger partial charge is 0.407 e. The summed E-state index contributed by atoms with van der Waals surface area (Å²) >= 11 is 0. The Kier molecular flexibility index (Phi) is 1.69. The highest BCUT2D eigenvalue weighted by Crippen LogP contribution is 2.24. The number of hydrogen-bond donors (Lipinski definition) is 1. The van der Waals surface area contributed by atoms with Gasteiger partial charge in [0.05, 0.1) is 6.54 Å². The van der Waals surface area contributed by atoms with E-state index in [1.165, 1.54) is 6.07 Å². The summed E-state index contributed by atoms with van der Waals surface area (Å²) in [4.78, 5) is 11.2. The number of halogens is 1. The maximum atomic E-state index is 13.0. The van der Waals surface area contributed by atoms with Crippen molar-refractivity contribution in [2.45, 2.75) is 12.1 Å². The Labute approximate surface area is 62.8 Å². The molecule has 0 aromatic rings. The van der Waals surface area contributed by atoms with E-state index in [4.69, 9.17) is 10.4 Å². The third-order valence-electron chi connectivity index (χ3n) is 1.69. The van der Waals surface area contributed by atoms with E-state index in [9.17, 15) is 9.18 Å². The van der Waals surface area contributed by atoms with E-state index in [0.29, 0.717) is 0 Å². The molecule has 1 N–H and O–H groups in total. The first kappa shape index (κ1) is 7.79. The van der Waals surface area contributed by atoms with Crippen molar-refractivity contribution in [2.24, 2.45) is 0 Å². The number of rotatable bonds is 0. The molecule has 1 heterocycles. The summed E-state index contributed by atoms with van der Waals surface area (Å²) < 4.78 is 13.0. The average Bonchev–Trinajstić information content (AvgIpc) is 2.33. The molecule has 1 saturated heterocycles. The number of amides is 1. The molecule has 0 aromatic carbocycles. The topological polar surface area (TPSA) is 64.3 Å². The van der Waals surface area contributed by atoms with Crippen molar-refractivity contribution in [1.29, 1.82) is 5.26 Å². The number of carboxylic acid groups (broad SMARTS) is 1. The molecule has 1 amide bonds. The molecule has 1 fully saturated rings. The van der Waals surface area contributed by atoms with Gasteiger partial charge in [-0.1, -0.05) is 0 Å². The molecule has 0 bridgehead atoms. The molecule has 5 heteroatoms. The fraction of sp³-hybridized carbons (Fsp3) is 0.667. The number of hydrogen-bond acceptors (Lipinski definition) is 2. The van der Waals surface area contributed by atoms with E-state index in [1.54, 1.807) is 0 Å². The van der Waals surface area contributed by atoms with Gasteiger partial charge in [-0.3, -0.25) is 0 Å². The zero-order chi connectivity index (χ0) is 8.48. The maximum absolute atomic E-state index is 13.0. The molecule has 11 heavy (non-hydrogen) atoms. The van der Waals surface area contributed by atoms with Crippen LogP contribution in [0.4, 0.5) is 9.18 Å². The summed E-state index contributed by atoms with van der Waals surface area (Å²) in [5.74, 6) is 0. The minimum absolute atomic E-state index is 0.0181. The van der Waals surface area contributed by atoms with Gasteiger partial charge in [-0.25, -0.2) is 9.18 Å². The van der Waals surface area contributed by atoms with Crippen LogP contribution in [0.25, 0.3) is 0 Å². The van der Waals surface area contributed by atoms with E-state index >= 15 is 0 Å². The Morgan fingerprint density at radius 1 is 1.82 bits per heavy atom. The van der Waals surface area contributed by atoms with E-state index in [1.807, 2.05) is 0 Å². The van der Waals surface area contributed by atoms with Crippen molar-refractivity contribution in [1.82, 2.24) is 4.90 Å². The lowest BCUT2D eigenvalue weighted by Gasteiger charge is -2.11. The van der Waals surface area contributed by atoms with Crippen molar-refractivity contribution in [3.8, 4) is 6.07 Å². The Balaban J connectivity index is 2.62. The van der Waals surface area contributed by atoms with E-state index in [-0.39, 0.29) is 19.5 Å². The largest absolute Gasteiger partial charge is 0.465 e. The van der Waals surface area contributed by atoms with Gasteiger partial charge in [0, 0.05) is 13.0 Å². The van der Waals surface area contributed by atoms with E-state index in [2.05, 4.69) is 0 Å². The Morgan fingerprint density at radius 3 is 2.73 bits per heavy atom. The molecule has 0 saturated carbocycles. The molecule has 1 atom stereocenters. The van der Waals surface area contributed by atoms with Crippen LogP contribution in [0.5, 0.6) is 0 Å². The van der Waals surface area contributed by atoms with E-state index in [0.717, 1.165) is 4.90 Å². The third-order valence-corrected chi connectivity index (χ3v) is 1.69. The quantitative estimate of drug-likeness (QED) is 0.561. The predicted octanol–water partition coefficient (Wildman–Crippen LogP) is 0.602. The molecule has 1 unspecified atom stereocenters. The first-order chi connectivity index (χ1) is 5.07. The zero-order valence-electron chi connectivity index (χ0n) is 5.75. The average molecular weight is 158 g/mol. The number of nitriles is 1. The number of nitrogens with zero attached hydrogens (tertiary/aromatic N) is 2. The van der Waals surface area contributed by atoms with E-state index < -0.39 is 11.8 Å². The van der Waals surface area contributed by atoms with Crippen LogP contribution in [-0.2, 0) is 0 Å². The fourth-order valence-electron chi connectivity index (χ4n) is 1.03. The van der Waals surface area contributed by atoms with Crippen LogP contribution in [0.3, 0.4) is 0 Å². The molecule has 0 aliphatic carbocycles. The highest BCUT2D eigenvalue weighted by Gasteiger charge is 2.40. The fourth-order valence-corrected chi connectivity index (χ4v) is 1.03. The van der Waals surface area contributed by atoms with Crippen molar-refractivity contribution < 1.29 is 14.3 Å². The summed E-state index contributed by atoms with van der Waals surface area (Å²) in [5.41, 5.74) is -1.96. The molecular weight excluding hydrogens is 151 g/mol. The molecule has 0 radical (unpaired) electrons. The summed E-state index contributed by atoms with van der Waals surface area (Å²) in [6.07, 6.45) is -1.18. The van der Waals surface area contributed by atoms with Crippen LogP contribution >= 0.6 is 0 Å². The first-order valence-electron chi connectivity index (χ1n) is 3.15. The maximum Gasteiger partial charge on any atom is 0.407 e. The number of alkyl halides is 1. The minimum atomic E-state index is -1.96. The predicted molar refractivity (Wildman–Crippen MR) is 33.7 cm³/mol. The van der Waals surface area contributed by atoms with Crippen molar-refractivity contribution in [2.75, 3.05) is 13.1 Å². The van der Waals surface area contributed by atoms with Gasteiger partial charge in [-0.2, -0.15) is 5.26 Å². The third kappa shape index (κ3) is 1.40. The molecule has 0 spiro atoms. The molecule has 1 aliphatic rings. The standard InChI is InChI=1S/C6H7FN2O2/c7-6(3-8)1-2-9(4-6)5(10)11/h1-2,4H2,(H,10,11). The van der Waals surface area contributed by atoms with Crippen LogP contribution < -0.4 is 0 Å². The van der Waals surface area contributed by atoms with Crippen molar-refractivity contribution in [3.63, 3.8) is 0 Å². The number of carbonyl (C=O) groups is 1. The van der Waals surface area contributed by atoms with Gasteiger partial charge in [0.25, 0.3) is 0 Å². The molecule has 1 aliphatic heterocycles. The lowest BCUT2D eigenvalue weighted by molar-refractivity contribution is 0.147. The SMILES string of the molecule is N#CC1(F)CCN(C(=O)O)C1. The summed E-state index contributed by atoms with van der Waals surface area (Å²) in [6.45, 7) is -0.210. The minimum Gasteiger partial charge on any atom is -0.465 e. The van der Waals surface area contributed by atoms with Gasteiger partial charge >= 0.3 is 6.09 Å². The van der Waals surface area contributed by atoms with Crippen molar-refractivity contribution >= 4 is 6.09 Å². The van der Waals surface area contributed by atoms with Crippen LogP contribution in [0.2, 0.25) is 0 Å². The Hall–Kier alpha value is -1.31. The second kappa shape index (κ2) is 2.38. The van der Waals surface area contributed by atoms with Gasteiger partial charge in [-0.05, 0) is 0 Å². The monoisotopic (exact) mass is 158 g/mol. The molecule has 60 valence electrons. The number of likely N-dealkylation sites (tertiary alicyclic amines) is 1. The van der Waals surface area contributed by atoms with Gasteiger partial charge in [0.15, 0.2) is 0 Å². The lowest BCUT2D eigenvalue weighted by Crippen LogP contribution is -2.31. The summed E-state index contributed by atoms with van der Waals surface area (Å²) in [6, 6.07) is 1.45. The lowest BCUT2D eigenvalue weighted by atomic mass is 10.1. The van der Waals surface area contributed by atoms with Crippen LogP contribution in [-0.4, -0.2) is 34.9 Å². The normalized spacial score (nSPS) is 30.0. The first-order valence-corrected chi connectivity index (χ1v) is 3.15. The van der Waals surface area contributed by atoms with Gasteiger partial charge in [0.1, 0.15) is 6.07 Å². The highest BCUT2D eigenvalue weighted by molar-refractivity contribution is 5.65. The van der Waals surface area contributed by atoms with Crippen LogP contribution in [0.15, 0.2) is 0 Å². The van der Waals surface area contributed by atoms with Crippen molar-refractivity contribution in [3.05, 3.63) is 0 Å². The van der Waals surface area contributed by atoms with Gasteiger partial charge < -0.3 is 10.0 Å². The second-order valence-corrected chi connectivity index (χ2v) is 2.53. The van der Waals surface area contributed by atoms with Crippen LogP contribution in [0, 0.1) is 11.3 Å². The molecule has 0 aromatic heterocycles. The second-order valence-electron chi connectivity index (χ2n) is 2.53. The Bertz CT molecular complexity index is 225. The molecular formula is C6H7FN2O2.